The predicted octanol–water partition coefficient (Wildman–Crippen LogP) is 4.12. The van der Waals surface area contributed by atoms with Crippen molar-refractivity contribution in [2.45, 2.75) is 30.7 Å². The lowest BCUT2D eigenvalue weighted by atomic mass is 10.1. The van der Waals surface area contributed by atoms with E-state index in [2.05, 4.69) is 61.5 Å². The number of hydrogen-bond acceptors (Lipinski definition) is 2. The van der Waals surface area contributed by atoms with Gasteiger partial charge in [-0.2, -0.15) is 0 Å². The minimum absolute atomic E-state index is 0.0584. The molecule has 0 bridgehead atoms. The predicted molar refractivity (Wildman–Crippen MR) is 82.0 cm³/mol. The standard InChI is InChI=1S/C9H11ClI2OS/c1-7(11)6-8(10)2-3-9(13)4-5-14-12/h8-9,13H,1-3,6H2/t8-,9?/m1/s1. The van der Waals surface area contributed by atoms with E-state index < -0.39 is 6.10 Å². The molecule has 14 heavy (non-hydrogen) atoms. The first kappa shape index (κ1) is 15.4. The second-order valence-electron chi connectivity index (χ2n) is 2.74. The summed E-state index contributed by atoms with van der Waals surface area (Å²) in [4.78, 5) is 0. The summed E-state index contributed by atoms with van der Waals surface area (Å²) in [5.41, 5.74) is 0. The topological polar surface area (TPSA) is 20.2 Å². The summed E-state index contributed by atoms with van der Waals surface area (Å²) in [6.07, 6.45) is 1.64. The fourth-order valence-corrected chi connectivity index (χ4v) is 2.51. The number of hydrogen-bond donors (Lipinski definition) is 1. The molecule has 0 radical (unpaired) electrons. The summed E-state index contributed by atoms with van der Waals surface area (Å²) in [5.74, 6) is 2.72. The van der Waals surface area contributed by atoms with Gasteiger partial charge in [-0.05, 0) is 59.6 Å². The molecule has 0 spiro atoms. The van der Waals surface area contributed by atoms with E-state index in [4.69, 9.17) is 11.6 Å². The molecule has 0 aromatic heterocycles. The summed E-state index contributed by atoms with van der Waals surface area (Å²) < 4.78 is 1.05. The molecule has 0 aromatic rings. The van der Waals surface area contributed by atoms with Crippen molar-refractivity contribution in [3.05, 3.63) is 10.2 Å². The van der Waals surface area contributed by atoms with Crippen molar-refractivity contribution >= 4 is 64.3 Å². The summed E-state index contributed by atoms with van der Waals surface area (Å²) in [5, 5.41) is 12.2. The Morgan fingerprint density at radius 3 is 2.71 bits per heavy atom. The molecule has 0 aliphatic heterocycles. The first-order chi connectivity index (χ1) is 6.56. The SMILES string of the molecule is C=C(I)C[C@H](Cl)CCC(O)C#CSI. The zero-order valence-electron chi connectivity index (χ0n) is 7.47. The molecular formula is C9H11ClI2OS. The van der Waals surface area contributed by atoms with Crippen molar-refractivity contribution in [2.75, 3.05) is 0 Å². The normalized spacial score (nSPS) is 14.0. The Kier molecular flexibility index (Phi) is 10.5. The Bertz CT molecular complexity index is 237. The Morgan fingerprint density at radius 1 is 1.57 bits per heavy atom. The molecule has 0 amide bonds. The Balaban J connectivity index is 3.65. The summed E-state index contributed by atoms with van der Waals surface area (Å²) >= 11 is 10.3. The van der Waals surface area contributed by atoms with E-state index in [1.807, 2.05) is 0 Å². The summed E-state index contributed by atoms with van der Waals surface area (Å²) in [6.45, 7) is 3.78. The monoisotopic (exact) mass is 456 g/mol. The van der Waals surface area contributed by atoms with Crippen molar-refractivity contribution in [3.63, 3.8) is 0 Å². The largest absolute Gasteiger partial charge is 0.380 e. The van der Waals surface area contributed by atoms with Crippen LogP contribution in [0.2, 0.25) is 0 Å². The highest BCUT2D eigenvalue weighted by molar-refractivity contribution is 14.2. The highest BCUT2D eigenvalue weighted by Crippen LogP contribution is 2.19. The minimum atomic E-state index is -0.555. The molecule has 0 aliphatic rings. The fraction of sp³-hybridized carbons (Fsp3) is 0.556. The van der Waals surface area contributed by atoms with Gasteiger partial charge in [0.2, 0.25) is 0 Å². The number of rotatable bonds is 5. The van der Waals surface area contributed by atoms with Gasteiger partial charge in [0.25, 0.3) is 0 Å². The molecule has 0 saturated heterocycles. The van der Waals surface area contributed by atoms with Crippen LogP contribution >= 0.6 is 64.3 Å². The second kappa shape index (κ2) is 9.58. The second-order valence-corrected chi connectivity index (χ2v) is 6.56. The lowest BCUT2D eigenvalue weighted by Crippen LogP contribution is -2.07. The Hall–Kier alpha value is 1.36. The van der Waals surface area contributed by atoms with Crippen molar-refractivity contribution in [3.8, 4) is 11.2 Å². The third-order valence-electron chi connectivity index (χ3n) is 1.46. The Labute approximate surface area is 120 Å². The molecule has 0 rings (SSSR count). The molecule has 1 N–H and O–H groups in total. The zero-order valence-corrected chi connectivity index (χ0v) is 13.4. The molecule has 80 valence electrons. The summed E-state index contributed by atoms with van der Waals surface area (Å²) in [6, 6.07) is 0. The van der Waals surface area contributed by atoms with E-state index in [1.165, 1.54) is 8.93 Å². The van der Waals surface area contributed by atoms with Crippen molar-refractivity contribution in [1.29, 1.82) is 0 Å². The van der Waals surface area contributed by atoms with Crippen molar-refractivity contribution < 1.29 is 5.11 Å². The van der Waals surface area contributed by atoms with Gasteiger partial charge in [-0.15, -0.1) is 11.6 Å². The number of halogens is 3. The van der Waals surface area contributed by atoms with Gasteiger partial charge in [0.05, 0.1) is 0 Å². The number of alkyl halides is 1. The molecule has 5 heteroatoms. The minimum Gasteiger partial charge on any atom is -0.380 e. The third-order valence-corrected chi connectivity index (χ3v) is 3.13. The fourth-order valence-electron chi connectivity index (χ4n) is 0.844. The van der Waals surface area contributed by atoms with Gasteiger partial charge >= 0.3 is 0 Å². The highest BCUT2D eigenvalue weighted by atomic mass is 127. The van der Waals surface area contributed by atoms with Gasteiger partial charge in [0, 0.05) is 26.6 Å². The molecule has 0 aromatic carbocycles. The van der Waals surface area contributed by atoms with Crippen molar-refractivity contribution in [2.24, 2.45) is 0 Å². The number of aliphatic hydroxyl groups is 1. The van der Waals surface area contributed by atoms with E-state index in [0.717, 1.165) is 16.4 Å². The lowest BCUT2D eigenvalue weighted by molar-refractivity contribution is 0.218. The average molecular weight is 457 g/mol. The van der Waals surface area contributed by atoms with Crippen LogP contribution in [0.5, 0.6) is 0 Å². The highest BCUT2D eigenvalue weighted by Gasteiger charge is 2.08. The van der Waals surface area contributed by atoms with E-state index in [9.17, 15) is 5.11 Å². The molecule has 0 fully saturated rings. The van der Waals surface area contributed by atoms with Gasteiger partial charge in [0.15, 0.2) is 0 Å². The maximum Gasteiger partial charge on any atom is 0.115 e. The van der Waals surface area contributed by atoms with E-state index in [0.29, 0.717) is 6.42 Å². The van der Waals surface area contributed by atoms with Gasteiger partial charge in [-0.1, -0.05) is 12.5 Å². The molecule has 1 nitrogen and oxygen atoms in total. The number of aliphatic hydroxyl groups excluding tert-OH is 1. The van der Waals surface area contributed by atoms with Crippen molar-refractivity contribution in [1.82, 2.24) is 0 Å². The molecular weight excluding hydrogens is 445 g/mol. The lowest BCUT2D eigenvalue weighted by Gasteiger charge is -2.08. The maximum atomic E-state index is 9.39. The van der Waals surface area contributed by atoms with Crippen LogP contribution in [0.25, 0.3) is 0 Å². The van der Waals surface area contributed by atoms with E-state index >= 15 is 0 Å². The molecule has 1 unspecified atom stereocenters. The molecule has 0 aliphatic carbocycles. The quantitative estimate of drug-likeness (QED) is 0.382. The van der Waals surface area contributed by atoms with Gasteiger partial charge < -0.3 is 5.11 Å². The molecule has 2 atom stereocenters. The van der Waals surface area contributed by atoms with Gasteiger partial charge in [-0.3, -0.25) is 0 Å². The third kappa shape index (κ3) is 9.90. The molecule has 0 heterocycles. The zero-order chi connectivity index (χ0) is 11.0. The van der Waals surface area contributed by atoms with Crippen LogP contribution in [0.4, 0.5) is 0 Å². The van der Waals surface area contributed by atoms with Crippen LogP contribution < -0.4 is 0 Å². The van der Waals surface area contributed by atoms with Crippen LogP contribution in [-0.4, -0.2) is 16.6 Å². The van der Waals surface area contributed by atoms with Crippen LogP contribution in [-0.2, 0) is 0 Å². The van der Waals surface area contributed by atoms with Crippen LogP contribution in [0, 0.1) is 11.2 Å². The van der Waals surface area contributed by atoms with E-state index in [-0.39, 0.29) is 5.38 Å². The molecule has 0 saturated carbocycles. The maximum absolute atomic E-state index is 9.39. The van der Waals surface area contributed by atoms with Gasteiger partial charge in [0.1, 0.15) is 6.10 Å². The van der Waals surface area contributed by atoms with Crippen LogP contribution in [0.1, 0.15) is 19.3 Å². The van der Waals surface area contributed by atoms with E-state index in [1.54, 1.807) is 0 Å². The first-order valence-corrected chi connectivity index (χ1v) is 8.87. The van der Waals surface area contributed by atoms with Crippen LogP contribution in [0.15, 0.2) is 10.2 Å². The smallest absolute Gasteiger partial charge is 0.115 e. The van der Waals surface area contributed by atoms with Gasteiger partial charge in [-0.25, -0.2) is 0 Å². The first-order valence-electron chi connectivity index (χ1n) is 3.99. The Morgan fingerprint density at radius 2 is 2.21 bits per heavy atom. The average Bonchev–Trinajstić information content (AvgIpc) is 2.10. The summed E-state index contributed by atoms with van der Waals surface area (Å²) in [7, 11) is 1.38. The number of allylic oxidation sites excluding steroid dienone is 1. The van der Waals surface area contributed by atoms with Crippen LogP contribution in [0.3, 0.4) is 0 Å².